The summed E-state index contributed by atoms with van der Waals surface area (Å²) < 4.78 is 0. The second-order valence-corrected chi connectivity index (χ2v) is 7.45. The number of carbonyl (C=O) groups is 1. The highest BCUT2D eigenvalue weighted by Crippen LogP contribution is 2.20. The minimum atomic E-state index is -0.220. The molecule has 6 heteroatoms. The van der Waals surface area contributed by atoms with Crippen LogP contribution in [0.15, 0.2) is 30.3 Å². The first kappa shape index (κ1) is 19.1. The van der Waals surface area contributed by atoms with Gasteiger partial charge in [0.05, 0.1) is 0 Å². The van der Waals surface area contributed by atoms with E-state index in [1.165, 1.54) is 25.7 Å². The van der Waals surface area contributed by atoms with E-state index in [9.17, 15) is 4.79 Å². The molecule has 1 saturated carbocycles. The Balaban J connectivity index is 1.69. The van der Waals surface area contributed by atoms with E-state index in [4.69, 9.17) is 0 Å². The first-order chi connectivity index (χ1) is 13.0. The van der Waals surface area contributed by atoms with E-state index in [1.807, 2.05) is 50.2 Å². The van der Waals surface area contributed by atoms with Crippen molar-refractivity contribution in [3.05, 3.63) is 41.7 Å². The van der Waals surface area contributed by atoms with Crippen LogP contribution in [0, 0.1) is 6.92 Å². The average molecular weight is 367 g/mol. The molecule has 1 amide bonds. The number of hydrogen-bond acceptors (Lipinski definition) is 5. The van der Waals surface area contributed by atoms with E-state index in [0.29, 0.717) is 17.7 Å². The molecule has 0 radical (unpaired) electrons. The summed E-state index contributed by atoms with van der Waals surface area (Å²) in [6, 6.07) is 9.85. The van der Waals surface area contributed by atoms with Crippen molar-refractivity contribution < 1.29 is 4.79 Å². The largest absolute Gasteiger partial charge is 0.378 e. The zero-order valence-electron chi connectivity index (χ0n) is 16.5. The van der Waals surface area contributed by atoms with Crippen molar-refractivity contribution in [3.63, 3.8) is 0 Å². The van der Waals surface area contributed by atoms with E-state index in [1.54, 1.807) is 6.07 Å². The van der Waals surface area contributed by atoms with Gasteiger partial charge in [-0.15, -0.1) is 0 Å². The SMILES string of the molecule is Cc1cc(C(=O)Nc2ccc(N(C)C)cc2)nc(NC2CCCCCC2)n1. The lowest BCUT2D eigenvalue weighted by atomic mass is 10.1. The number of amides is 1. The van der Waals surface area contributed by atoms with Gasteiger partial charge in [0.1, 0.15) is 5.69 Å². The first-order valence-corrected chi connectivity index (χ1v) is 9.72. The van der Waals surface area contributed by atoms with Crippen molar-refractivity contribution in [1.82, 2.24) is 9.97 Å². The summed E-state index contributed by atoms with van der Waals surface area (Å²) in [4.78, 5) is 23.6. The van der Waals surface area contributed by atoms with Gasteiger partial charge in [0.15, 0.2) is 0 Å². The van der Waals surface area contributed by atoms with Gasteiger partial charge in [0.25, 0.3) is 5.91 Å². The molecule has 27 heavy (non-hydrogen) atoms. The van der Waals surface area contributed by atoms with Crippen LogP contribution < -0.4 is 15.5 Å². The second kappa shape index (κ2) is 8.84. The Morgan fingerprint density at radius 2 is 1.70 bits per heavy atom. The molecular formula is C21H29N5O. The Bertz CT molecular complexity index is 765. The summed E-state index contributed by atoms with van der Waals surface area (Å²) in [5.41, 5.74) is 3.01. The normalized spacial score (nSPS) is 15.1. The fourth-order valence-corrected chi connectivity index (χ4v) is 3.39. The van der Waals surface area contributed by atoms with Crippen LogP contribution in [0.1, 0.15) is 54.7 Å². The lowest BCUT2D eigenvalue weighted by Crippen LogP contribution is -2.22. The van der Waals surface area contributed by atoms with Crippen LogP contribution in [0.5, 0.6) is 0 Å². The fourth-order valence-electron chi connectivity index (χ4n) is 3.39. The van der Waals surface area contributed by atoms with Gasteiger partial charge in [-0.05, 0) is 50.1 Å². The van der Waals surface area contributed by atoms with Crippen LogP contribution in [0.3, 0.4) is 0 Å². The van der Waals surface area contributed by atoms with Crippen LogP contribution in [0.2, 0.25) is 0 Å². The molecule has 0 bridgehead atoms. The number of nitrogens with one attached hydrogen (secondary N) is 2. The summed E-state index contributed by atoms with van der Waals surface area (Å²) in [5, 5.41) is 6.35. The van der Waals surface area contributed by atoms with E-state index < -0.39 is 0 Å². The standard InChI is InChI=1S/C21H29N5O/c1-15-14-19(20(27)23-17-10-12-18(13-11-17)26(2)3)25-21(22-15)24-16-8-6-4-5-7-9-16/h10-14,16H,4-9H2,1-3H3,(H,23,27)(H,22,24,25). The molecule has 0 aliphatic heterocycles. The van der Waals surface area contributed by atoms with Gasteiger partial charge >= 0.3 is 0 Å². The van der Waals surface area contributed by atoms with Crippen LogP contribution >= 0.6 is 0 Å². The fraction of sp³-hybridized carbons (Fsp3) is 0.476. The highest BCUT2D eigenvalue weighted by atomic mass is 16.1. The third kappa shape index (κ3) is 5.42. The van der Waals surface area contributed by atoms with Crippen LogP contribution in [-0.4, -0.2) is 36.0 Å². The van der Waals surface area contributed by atoms with Crippen molar-refractivity contribution in [3.8, 4) is 0 Å². The molecule has 1 aromatic heterocycles. The molecule has 2 N–H and O–H groups in total. The molecule has 144 valence electrons. The summed E-state index contributed by atoms with van der Waals surface area (Å²) in [5.74, 6) is 0.331. The highest BCUT2D eigenvalue weighted by Gasteiger charge is 2.16. The number of nitrogens with zero attached hydrogens (tertiary/aromatic N) is 3. The molecule has 6 nitrogen and oxygen atoms in total. The molecule has 1 aliphatic rings. The van der Waals surface area contributed by atoms with E-state index in [0.717, 1.165) is 29.9 Å². The van der Waals surface area contributed by atoms with Gasteiger partial charge in [0, 0.05) is 37.2 Å². The number of aryl methyl sites for hydroxylation is 1. The van der Waals surface area contributed by atoms with Crippen molar-refractivity contribution in [2.24, 2.45) is 0 Å². The smallest absolute Gasteiger partial charge is 0.274 e. The second-order valence-electron chi connectivity index (χ2n) is 7.45. The Labute approximate surface area is 161 Å². The minimum Gasteiger partial charge on any atom is -0.378 e. The lowest BCUT2D eigenvalue weighted by Gasteiger charge is -2.17. The summed E-state index contributed by atoms with van der Waals surface area (Å²) in [6.07, 6.45) is 7.34. The third-order valence-corrected chi connectivity index (χ3v) is 4.92. The molecule has 3 rings (SSSR count). The average Bonchev–Trinajstić information content (AvgIpc) is 2.90. The molecule has 0 spiro atoms. The Morgan fingerprint density at radius 3 is 2.33 bits per heavy atom. The maximum absolute atomic E-state index is 12.6. The molecule has 0 atom stereocenters. The van der Waals surface area contributed by atoms with Gasteiger partial charge in [-0.1, -0.05) is 25.7 Å². The van der Waals surface area contributed by atoms with Gasteiger partial charge in [-0.2, -0.15) is 0 Å². The molecule has 0 saturated heterocycles. The number of aromatic nitrogens is 2. The quantitative estimate of drug-likeness (QED) is 0.774. The van der Waals surface area contributed by atoms with Crippen LogP contribution in [0.25, 0.3) is 0 Å². The topological polar surface area (TPSA) is 70.2 Å². The van der Waals surface area contributed by atoms with Gasteiger partial charge in [0.2, 0.25) is 5.95 Å². The van der Waals surface area contributed by atoms with Crippen molar-refractivity contribution >= 4 is 23.2 Å². The van der Waals surface area contributed by atoms with E-state index >= 15 is 0 Å². The van der Waals surface area contributed by atoms with Crippen molar-refractivity contribution in [2.45, 2.75) is 51.5 Å². The van der Waals surface area contributed by atoms with Crippen LogP contribution in [-0.2, 0) is 0 Å². The highest BCUT2D eigenvalue weighted by molar-refractivity contribution is 6.03. The maximum atomic E-state index is 12.6. The third-order valence-electron chi connectivity index (χ3n) is 4.92. The van der Waals surface area contributed by atoms with Gasteiger partial charge in [-0.25, -0.2) is 9.97 Å². The Morgan fingerprint density at radius 1 is 1.04 bits per heavy atom. The molecule has 1 heterocycles. The molecular weight excluding hydrogens is 338 g/mol. The predicted octanol–water partition coefficient (Wildman–Crippen LogP) is 4.24. The van der Waals surface area contributed by atoms with Crippen molar-refractivity contribution in [1.29, 1.82) is 0 Å². The Hall–Kier alpha value is -2.63. The number of rotatable bonds is 5. The van der Waals surface area contributed by atoms with Crippen LogP contribution in [0.4, 0.5) is 17.3 Å². The lowest BCUT2D eigenvalue weighted by molar-refractivity contribution is 0.102. The monoisotopic (exact) mass is 367 g/mol. The van der Waals surface area contributed by atoms with Gasteiger partial charge < -0.3 is 15.5 Å². The number of hydrogen-bond donors (Lipinski definition) is 2. The molecule has 1 aromatic carbocycles. The van der Waals surface area contributed by atoms with E-state index in [-0.39, 0.29) is 5.91 Å². The molecule has 1 fully saturated rings. The van der Waals surface area contributed by atoms with E-state index in [2.05, 4.69) is 20.6 Å². The molecule has 0 unspecified atom stereocenters. The number of benzene rings is 1. The number of carbonyl (C=O) groups excluding carboxylic acids is 1. The van der Waals surface area contributed by atoms with Crippen molar-refractivity contribution in [2.75, 3.05) is 29.6 Å². The zero-order chi connectivity index (χ0) is 19.2. The maximum Gasteiger partial charge on any atom is 0.274 e. The first-order valence-electron chi connectivity index (χ1n) is 9.72. The summed E-state index contributed by atoms with van der Waals surface area (Å²) in [6.45, 7) is 1.89. The zero-order valence-corrected chi connectivity index (χ0v) is 16.5. The summed E-state index contributed by atoms with van der Waals surface area (Å²) >= 11 is 0. The Kier molecular flexibility index (Phi) is 6.27. The number of anilines is 3. The van der Waals surface area contributed by atoms with Gasteiger partial charge in [-0.3, -0.25) is 4.79 Å². The molecule has 2 aromatic rings. The minimum absolute atomic E-state index is 0.220. The predicted molar refractivity (Wildman–Crippen MR) is 111 cm³/mol. The summed E-state index contributed by atoms with van der Waals surface area (Å²) in [7, 11) is 3.97. The molecule has 1 aliphatic carbocycles.